The molecule has 0 saturated carbocycles. The van der Waals surface area contributed by atoms with Gasteiger partial charge < -0.3 is 10.4 Å². The van der Waals surface area contributed by atoms with E-state index in [2.05, 4.69) is 10.4 Å². The Hall–Kier alpha value is -1.36. The predicted molar refractivity (Wildman–Crippen MR) is 90.8 cm³/mol. The monoisotopic (exact) mass is 321 g/mol. The predicted octanol–water partition coefficient (Wildman–Crippen LogP) is 3.24. The highest BCUT2D eigenvalue weighted by Gasteiger charge is 2.25. The maximum absolute atomic E-state index is 10.3. The lowest BCUT2D eigenvalue weighted by atomic mass is 9.92. The van der Waals surface area contributed by atoms with Crippen molar-refractivity contribution in [1.29, 1.82) is 0 Å². The summed E-state index contributed by atoms with van der Waals surface area (Å²) in [6.07, 6.45) is 0. The van der Waals surface area contributed by atoms with Crippen molar-refractivity contribution in [1.82, 2.24) is 15.1 Å². The van der Waals surface area contributed by atoms with Crippen LogP contribution in [0, 0.1) is 5.92 Å². The van der Waals surface area contributed by atoms with Gasteiger partial charge in [-0.3, -0.25) is 4.68 Å². The average molecular weight is 322 g/mol. The fraction of sp³-hybridized carbons (Fsp3) is 0.471. The van der Waals surface area contributed by atoms with Crippen molar-refractivity contribution in [2.45, 2.75) is 32.9 Å². The number of hydrogen-bond acceptors (Lipinski definition) is 3. The summed E-state index contributed by atoms with van der Waals surface area (Å²) in [6, 6.07) is 9.99. The van der Waals surface area contributed by atoms with Crippen molar-refractivity contribution in [2.75, 3.05) is 6.54 Å². The zero-order valence-electron chi connectivity index (χ0n) is 13.6. The van der Waals surface area contributed by atoms with Crippen molar-refractivity contribution in [3.8, 4) is 11.3 Å². The van der Waals surface area contributed by atoms with Gasteiger partial charge in [0.15, 0.2) is 0 Å². The van der Waals surface area contributed by atoms with Crippen LogP contribution in [-0.2, 0) is 13.6 Å². The van der Waals surface area contributed by atoms with Crippen LogP contribution in [0.25, 0.3) is 11.3 Å². The van der Waals surface area contributed by atoms with Crippen molar-refractivity contribution in [3.63, 3.8) is 0 Å². The molecule has 0 aliphatic carbocycles. The number of aryl methyl sites for hydroxylation is 1. The number of rotatable bonds is 6. The zero-order valence-corrected chi connectivity index (χ0v) is 14.4. The van der Waals surface area contributed by atoms with Gasteiger partial charge in [-0.25, -0.2) is 0 Å². The minimum atomic E-state index is -0.748. The molecule has 120 valence electrons. The summed E-state index contributed by atoms with van der Waals surface area (Å²) in [5.41, 5.74) is 2.12. The van der Waals surface area contributed by atoms with Gasteiger partial charge in [-0.15, -0.1) is 0 Å². The largest absolute Gasteiger partial charge is 0.389 e. The Kier molecular flexibility index (Phi) is 5.27. The second-order valence-corrected chi connectivity index (χ2v) is 6.58. The topological polar surface area (TPSA) is 50.1 Å². The number of nitrogens with one attached hydrogen (secondary N) is 1. The lowest BCUT2D eigenvalue weighted by molar-refractivity contribution is 0.0140. The van der Waals surface area contributed by atoms with Crippen molar-refractivity contribution in [3.05, 3.63) is 41.0 Å². The third kappa shape index (κ3) is 3.69. The average Bonchev–Trinajstić information content (AvgIpc) is 2.76. The van der Waals surface area contributed by atoms with E-state index in [4.69, 9.17) is 11.6 Å². The molecule has 1 atom stereocenters. The van der Waals surface area contributed by atoms with E-state index in [-0.39, 0.29) is 5.92 Å². The van der Waals surface area contributed by atoms with Crippen LogP contribution in [0.4, 0.5) is 0 Å². The zero-order chi connectivity index (χ0) is 16.3. The van der Waals surface area contributed by atoms with E-state index in [9.17, 15) is 5.11 Å². The first-order valence-corrected chi connectivity index (χ1v) is 7.90. The minimum Gasteiger partial charge on any atom is -0.389 e. The molecule has 1 aromatic heterocycles. The van der Waals surface area contributed by atoms with Gasteiger partial charge in [0.2, 0.25) is 0 Å². The number of hydrogen-bond donors (Lipinski definition) is 2. The number of nitrogens with zero attached hydrogens (tertiary/aromatic N) is 2. The molecule has 1 aromatic carbocycles. The standard InChI is InChI=1S/C17H24ClN3O/c1-12(2)17(3,22)11-19-10-14-15(20-21(4)16(14)18)13-8-6-5-7-9-13/h5-9,12,19,22H,10-11H2,1-4H3. The second-order valence-electron chi connectivity index (χ2n) is 6.22. The van der Waals surface area contributed by atoms with E-state index in [0.717, 1.165) is 16.8 Å². The van der Waals surface area contributed by atoms with E-state index in [1.807, 2.05) is 58.2 Å². The van der Waals surface area contributed by atoms with Crippen molar-refractivity contribution >= 4 is 11.6 Å². The van der Waals surface area contributed by atoms with Gasteiger partial charge >= 0.3 is 0 Å². The number of aliphatic hydroxyl groups is 1. The molecule has 0 spiro atoms. The summed E-state index contributed by atoms with van der Waals surface area (Å²) in [5, 5.41) is 18.7. The molecule has 22 heavy (non-hydrogen) atoms. The molecule has 2 rings (SSSR count). The Balaban J connectivity index is 2.18. The first-order valence-electron chi connectivity index (χ1n) is 7.53. The van der Waals surface area contributed by atoms with Gasteiger partial charge in [0.05, 0.1) is 11.3 Å². The highest BCUT2D eigenvalue weighted by atomic mass is 35.5. The molecule has 1 unspecified atom stereocenters. The Labute approximate surface area is 137 Å². The van der Waals surface area contributed by atoms with Gasteiger partial charge in [-0.2, -0.15) is 5.10 Å². The van der Waals surface area contributed by atoms with E-state index in [1.165, 1.54) is 0 Å². The van der Waals surface area contributed by atoms with E-state index >= 15 is 0 Å². The third-order valence-electron chi connectivity index (χ3n) is 4.14. The highest BCUT2D eigenvalue weighted by molar-refractivity contribution is 6.30. The highest BCUT2D eigenvalue weighted by Crippen LogP contribution is 2.28. The number of halogens is 1. The molecule has 2 N–H and O–H groups in total. The van der Waals surface area contributed by atoms with Crippen LogP contribution in [0.1, 0.15) is 26.3 Å². The normalized spacial score (nSPS) is 14.3. The molecule has 2 aromatic rings. The Morgan fingerprint density at radius 2 is 1.95 bits per heavy atom. The molecule has 0 aliphatic rings. The van der Waals surface area contributed by atoms with Crippen LogP contribution in [0.3, 0.4) is 0 Å². The summed E-state index contributed by atoms with van der Waals surface area (Å²) in [5.74, 6) is 0.179. The van der Waals surface area contributed by atoms with Gasteiger partial charge in [0.25, 0.3) is 0 Å². The third-order valence-corrected chi connectivity index (χ3v) is 4.62. The fourth-order valence-electron chi connectivity index (χ4n) is 2.18. The number of aromatic nitrogens is 2. The van der Waals surface area contributed by atoms with Crippen molar-refractivity contribution in [2.24, 2.45) is 13.0 Å². The van der Waals surface area contributed by atoms with Gasteiger partial charge in [-0.1, -0.05) is 55.8 Å². The molecule has 0 fully saturated rings. The molecule has 0 aliphatic heterocycles. The van der Waals surface area contributed by atoms with Crippen LogP contribution in [0.5, 0.6) is 0 Å². The molecule has 5 heteroatoms. The Bertz CT molecular complexity index is 620. The summed E-state index contributed by atoms with van der Waals surface area (Å²) in [7, 11) is 1.84. The minimum absolute atomic E-state index is 0.179. The van der Waals surface area contributed by atoms with Crippen LogP contribution in [0.2, 0.25) is 5.15 Å². The summed E-state index contributed by atoms with van der Waals surface area (Å²) < 4.78 is 1.68. The summed E-state index contributed by atoms with van der Waals surface area (Å²) in [4.78, 5) is 0. The Morgan fingerprint density at radius 3 is 2.55 bits per heavy atom. The molecule has 0 bridgehead atoms. The first-order chi connectivity index (χ1) is 10.3. The smallest absolute Gasteiger partial charge is 0.131 e. The molecule has 4 nitrogen and oxygen atoms in total. The van der Waals surface area contributed by atoms with Crippen LogP contribution in [-0.4, -0.2) is 27.0 Å². The maximum atomic E-state index is 10.3. The first kappa shape index (κ1) is 17.0. The number of benzene rings is 1. The lowest BCUT2D eigenvalue weighted by Gasteiger charge is -2.28. The van der Waals surface area contributed by atoms with E-state index < -0.39 is 5.60 Å². The maximum Gasteiger partial charge on any atom is 0.131 e. The fourth-order valence-corrected chi connectivity index (χ4v) is 2.37. The van der Waals surface area contributed by atoms with Crippen molar-refractivity contribution < 1.29 is 5.11 Å². The van der Waals surface area contributed by atoms with Crippen LogP contribution >= 0.6 is 11.6 Å². The molecule has 0 saturated heterocycles. The second kappa shape index (κ2) is 6.82. The summed E-state index contributed by atoms with van der Waals surface area (Å²) in [6.45, 7) is 6.93. The molecule has 1 heterocycles. The quantitative estimate of drug-likeness (QED) is 0.858. The van der Waals surface area contributed by atoms with Gasteiger partial charge in [0.1, 0.15) is 5.15 Å². The van der Waals surface area contributed by atoms with E-state index in [1.54, 1.807) is 4.68 Å². The van der Waals surface area contributed by atoms with Gasteiger partial charge in [-0.05, 0) is 12.8 Å². The molecule has 0 amide bonds. The summed E-state index contributed by atoms with van der Waals surface area (Å²) >= 11 is 6.37. The van der Waals surface area contributed by atoms with E-state index in [0.29, 0.717) is 18.2 Å². The molecule has 0 radical (unpaired) electrons. The molecular weight excluding hydrogens is 298 g/mol. The lowest BCUT2D eigenvalue weighted by Crippen LogP contribution is -2.42. The molecular formula is C17H24ClN3O. The Morgan fingerprint density at radius 1 is 1.32 bits per heavy atom. The van der Waals surface area contributed by atoms with Gasteiger partial charge in [0, 0.05) is 31.3 Å². The SMILES string of the molecule is CC(C)C(C)(O)CNCc1c(-c2ccccc2)nn(C)c1Cl. The van der Waals surface area contributed by atoms with Crippen LogP contribution < -0.4 is 5.32 Å². The van der Waals surface area contributed by atoms with Crippen LogP contribution in [0.15, 0.2) is 30.3 Å².